The first kappa shape index (κ1) is 16.3. The van der Waals surface area contributed by atoms with Crippen LogP contribution in [-0.4, -0.2) is 35.6 Å². The number of hydrogen-bond acceptors (Lipinski definition) is 4. The Hall–Kier alpha value is -1.85. The van der Waals surface area contributed by atoms with Crippen LogP contribution >= 0.6 is 11.3 Å². The molecule has 136 valence electrons. The van der Waals surface area contributed by atoms with Gasteiger partial charge in [-0.15, -0.1) is 11.3 Å². The zero-order valence-electron chi connectivity index (χ0n) is 15.4. The predicted octanol–water partition coefficient (Wildman–Crippen LogP) is 3.08. The fourth-order valence-corrected chi connectivity index (χ4v) is 5.41. The number of hydrogen-bond donors (Lipinski definition) is 1. The maximum absolute atomic E-state index is 6.68. The molecule has 1 spiro atoms. The van der Waals surface area contributed by atoms with Crippen LogP contribution < -0.4 is 9.64 Å². The fraction of sp³-hybridized carbons (Fsp3) is 0.476. The monoisotopic (exact) mass is 368 g/mol. The van der Waals surface area contributed by atoms with E-state index >= 15 is 0 Å². The smallest absolute Gasteiger partial charge is 0.208 e. The number of para-hydroxylation sites is 1. The Morgan fingerprint density at radius 1 is 1.19 bits per heavy atom. The van der Waals surface area contributed by atoms with Gasteiger partial charge in [-0.1, -0.05) is 24.3 Å². The lowest BCUT2D eigenvalue weighted by molar-refractivity contribution is -0.929. The van der Waals surface area contributed by atoms with E-state index in [2.05, 4.69) is 60.6 Å². The molecule has 26 heavy (non-hydrogen) atoms. The number of hydrazone groups is 1. The summed E-state index contributed by atoms with van der Waals surface area (Å²) in [7, 11) is 0. The number of piperidine rings is 1. The van der Waals surface area contributed by atoms with Gasteiger partial charge in [-0.25, -0.2) is 5.01 Å². The average molecular weight is 369 g/mol. The molecule has 4 nitrogen and oxygen atoms in total. The van der Waals surface area contributed by atoms with Crippen LogP contribution in [0.1, 0.15) is 49.6 Å². The van der Waals surface area contributed by atoms with Crippen molar-refractivity contribution in [2.75, 3.05) is 13.1 Å². The summed E-state index contributed by atoms with van der Waals surface area (Å²) in [5.41, 5.74) is 2.21. The fourth-order valence-electron chi connectivity index (χ4n) is 4.69. The first-order valence-electron chi connectivity index (χ1n) is 9.69. The molecule has 1 aromatic heterocycles. The number of likely N-dealkylation sites (tertiary alicyclic amines) is 1. The molecule has 0 aliphatic carbocycles. The van der Waals surface area contributed by atoms with Gasteiger partial charge in [-0.05, 0) is 31.4 Å². The molecule has 5 heteroatoms. The summed E-state index contributed by atoms with van der Waals surface area (Å²) in [5, 5.41) is 9.58. The topological polar surface area (TPSA) is 29.3 Å². The zero-order chi connectivity index (χ0) is 17.7. The number of benzene rings is 1. The summed E-state index contributed by atoms with van der Waals surface area (Å²) in [6.07, 6.45) is 3.04. The van der Waals surface area contributed by atoms with Gasteiger partial charge in [-0.2, -0.15) is 5.10 Å². The lowest BCUT2D eigenvalue weighted by Gasteiger charge is -2.50. The van der Waals surface area contributed by atoms with E-state index in [-0.39, 0.29) is 5.72 Å². The molecule has 2 aromatic rings. The molecule has 1 N–H and O–H groups in total. The van der Waals surface area contributed by atoms with E-state index in [1.807, 2.05) is 0 Å². The lowest BCUT2D eigenvalue weighted by Crippen LogP contribution is -3.16. The third-order valence-electron chi connectivity index (χ3n) is 6.20. The molecule has 0 saturated carbocycles. The van der Waals surface area contributed by atoms with Crippen molar-refractivity contribution in [1.82, 2.24) is 5.01 Å². The van der Waals surface area contributed by atoms with Crippen LogP contribution in [0.3, 0.4) is 0 Å². The Balaban J connectivity index is 1.53. The van der Waals surface area contributed by atoms with Gasteiger partial charge >= 0.3 is 0 Å². The highest BCUT2D eigenvalue weighted by molar-refractivity contribution is 7.12. The molecule has 1 fully saturated rings. The zero-order valence-corrected chi connectivity index (χ0v) is 16.3. The number of quaternary nitrogens is 1. The first-order chi connectivity index (χ1) is 12.7. The van der Waals surface area contributed by atoms with Gasteiger partial charge in [0.25, 0.3) is 0 Å². The average Bonchev–Trinajstić information content (AvgIpc) is 3.32. The van der Waals surface area contributed by atoms with Crippen LogP contribution in [0.15, 0.2) is 46.9 Å². The Labute approximate surface area is 159 Å². The molecule has 0 amide bonds. The standard InChI is InChI=1S/C21H25N3OS/c1-15(2)23-11-9-21(10-12-23)24-18(16-6-3-4-7-19(16)25-21)14-17(22-24)20-8-5-13-26-20/h3-8,13,15,18H,9-12,14H2,1-2H3/p+1/t18-/m1/s1. The van der Waals surface area contributed by atoms with Crippen LogP contribution in [0, 0.1) is 0 Å². The van der Waals surface area contributed by atoms with Crippen molar-refractivity contribution < 1.29 is 9.64 Å². The van der Waals surface area contributed by atoms with Gasteiger partial charge in [0.05, 0.1) is 48.6 Å². The van der Waals surface area contributed by atoms with Crippen molar-refractivity contribution >= 4 is 17.0 Å². The Morgan fingerprint density at radius 3 is 2.73 bits per heavy atom. The highest BCUT2D eigenvalue weighted by Crippen LogP contribution is 2.49. The largest absolute Gasteiger partial charge is 0.466 e. The Bertz CT molecular complexity index is 822. The van der Waals surface area contributed by atoms with Crippen LogP contribution in [0.2, 0.25) is 0 Å². The summed E-state index contributed by atoms with van der Waals surface area (Å²) < 4.78 is 6.68. The Morgan fingerprint density at radius 2 is 2.00 bits per heavy atom. The first-order valence-corrected chi connectivity index (χ1v) is 10.6. The molecular formula is C21H26N3OS+. The van der Waals surface area contributed by atoms with Crippen molar-refractivity contribution in [3.05, 3.63) is 52.2 Å². The minimum absolute atomic E-state index is 0.281. The van der Waals surface area contributed by atoms with Crippen molar-refractivity contribution in [2.45, 2.75) is 50.9 Å². The number of fused-ring (bicyclic) bond motifs is 4. The maximum atomic E-state index is 6.68. The van der Waals surface area contributed by atoms with E-state index in [4.69, 9.17) is 9.84 Å². The number of rotatable bonds is 2. The second-order valence-electron chi connectivity index (χ2n) is 7.99. The van der Waals surface area contributed by atoms with Gasteiger partial charge < -0.3 is 9.64 Å². The molecule has 3 aliphatic rings. The van der Waals surface area contributed by atoms with E-state index in [9.17, 15) is 0 Å². The minimum atomic E-state index is -0.281. The molecule has 4 heterocycles. The van der Waals surface area contributed by atoms with E-state index < -0.39 is 0 Å². The van der Waals surface area contributed by atoms with Gasteiger partial charge in [0.1, 0.15) is 5.75 Å². The summed E-state index contributed by atoms with van der Waals surface area (Å²) in [6.45, 7) is 6.92. The second-order valence-corrected chi connectivity index (χ2v) is 8.94. The number of nitrogens with zero attached hydrogens (tertiary/aromatic N) is 2. The number of ether oxygens (including phenoxy) is 1. The lowest BCUT2D eigenvalue weighted by atomic mass is 9.91. The van der Waals surface area contributed by atoms with Crippen molar-refractivity contribution in [3.8, 4) is 5.75 Å². The highest BCUT2D eigenvalue weighted by Gasteiger charge is 2.53. The molecular weight excluding hydrogens is 342 g/mol. The van der Waals surface area contributed by atoms with Gasteiger partial charge in [0.2, 0.25) is 5.72 Å². The van der Waals surface area contributed by atoms with E-state index in [1.165, 1.54) is 16.2 Å². The van der Waals surface area contributed by atoms with E-state index in [1.54, 1.807) is 16.2 Å². The molecule has 0 radical (unpaired) electrons. The van der Waals surface area contributed by atoms with Crippen LogP contribution in [-0.2, 0) is 0 Å². The van der Waals surface area contributed by atoms with Gasteiger partial charge in [0.15, 0.2) is 0 Å². The summed E-state index contributed by atoms with van der Waals surface area (Å²) >= 11 is 1.78. The molecule has 5 rings (SSSR count). The van der Waals surface area contributed by atoms with Gasteiger partial charge in [0, 0.05) is 12.0 Å². The quantitative estimate of drug-likeness (QED) is 0.883. The molecule has 1 saturated heterocycles. The molecule has 0 bridgehead atoms. The van der Waals surface area contributed by atoms with Crippen molar-refractivity contribution in [2.24, 2.45) is 5.10 Å². The SMILES string of the molecule is CC(C)[NH+]1CCC2(CC1)Oc1ccccc1[C@H]1CC(c3cccs3)=NN12. The third kappa shape index (κ3) is 2.48. The third-order valence-corrected chi connectivity index (χ3v) is 7.12. The van der Waals surface area contributed by atoms with Crippen LogP contribution in [0.5, 0.6) is 5.75 Å². The van der Waals surface area contributed by atoms with Crippen molar-refractivity contribution in [1.29, 1.82) is 0 Å². The Kier molecular flexibility index (Phi) is 3.83. The summed E-state index contributed by atoms with van der Waals surface area (Å²) in [4.78, 5) is 2.97. The van der Waals surface area contributed by atoms with Crippen molar-refractivity contribution in [3.63, 3.8) is 0 Å². The second kappa shape index (κ2) is 6.10. The molecule has 1 aromatic carbocycles. The van der Waals surface area contributed by atoms with E-state index in [0.29, 0.717) is 12.1 Å². The van der Waals surface area contributed by atoms with Crippen LogP contribution in [0.25, 0.3) is 0 Å². The highest BCUT2D eigenvalue weighted by atomic mass is 32.1. The number of thiophene rings is 1. The molecule has 0 unspecified atom stereocenters. The minimum Gasteiger partial charge on any atom is -0.466 e. The maximum Gasteiger partial charge on any atom is 0.208 e. The normalized spacial score (nSPS) is 30.1. The number of nitrogens with one attached hydrogen (secondary N) is 1. The molecule has 1 atom stereocenters. The summed E-state index contributed by atoms with van der Waals surface area (Å²) in [6, 6.07) is 13.8. The van der Waals surface area contributed by atoms with Gasteiger partial charge in [-0.3, -0.25) is 0 Å². The molecule has 3 aliphatic heterocycles. The summed E-state index contributed by atoms with van der Waals surface area (Å²) in [5.74, 6) is 1.06. The van der Waals surface area contributed by atoms with Crippen LogP contribution in [0.4, 0.5) is 0 Å². The predicted molar refractivity (Wildman–Crippen MR) is 105 cm³/mol. The van der Waals surface area contributed by atoms with E-state index in [0.717, 1.165) is 38.1 Å².